The number of fused-ring (bicyclic) bond motifs is 1. The Balaban J connectivity index is 1.43. The van der Waals surface area contributed by atoms with Crippen molar-refractivity contribution in [2.45, 2.75) is 20.1 Å². The van der Waals surface area contributed by atoms with Crippen molar-refractivity contribution in [1.29, 1.82) is 0 Å². The Bertz CT molecular complexity index is 1170. The first kappa shape index (κ1) is 17.9. The third kappa shape index (κ3) is 4.09. The van der Waals surface area contributed by atoms with Crippen LogP contribution in [0.4, 0.5) is 4.39 Å². The number of halogens is 1. The second-order valence-electron chi connectivity index (χ2n) is 6.70. The number of hydrogen-bond acceptors (Lipinski definition) is 3. The van der Waals surface area contributed by atoms with E-state index in [4.69, 9.17) is 9.15 Å². The van der Waals surface area contributed by atoms with Crippen molar-refractivity contribution < 1.29 is 18.1 Å². The summed E-state index contributed by atoms with van der Waals surface area (Å²) >= 11 is 0. The highest BCUT2D eigenvalue weighted by molar-refractivity contribution is 5.81. The summed E-state index contributed by atoms with van der Waals surface area (Å²) in [5.74, 6) is 0.411. The number of aryl methyl sites for hydroxylation is 1. The predicted octanol–water partition coefficient (Wildman–Crippen LogP) is 4.16. The summed E-state index contributed by atoms with van der Waals surface area (Å²) < 4.78 is 26.1. The summed E-state index contributed by atoms with van der Waals surface area (Å²) in [6, 6.07) is 17.4. The Hall–Kier alpha value is -3.47. The molecule has 0 amide bonds. The summed E-state index contributed by atoms with van der Waals surface area (Å²) in [6.07, 6.45) is 3.93. The maximum Gasteiger partial charge on any atom is 0.336 e. The van der Waals surface area contributed by atoms with Crippen molar-refractivity contribution in [2.24, 2.45) is 0 Å². The Morgan fingerprint density at radius 1 is 0.964 bits per heavy atom. The molecule has 0 spiro atoms. The van der Waals surface area contributed by atoms with E-state index in [0.29, 0.717) is 24.5 Å². The molecule has 0 aliphatic rings. The quantitative estimate of drug-likeness (QED) is 0.388. The molecular formula is C23H19FNO3+. The summed E-state index contributed by atoms with van der Waals surface area (Å²) in [6.45, 7) is 2.95. The molecule has 4 aromatic rings. The molecule has 0 bridgehead atoms. The predicted molar refractivity (Wildman–Crippen MR) is 104 cm³/mol. The van der Waals surface area contributed by atoms with Crippen LogP contribution in [-0.2, 0) is 13.2 Å². The number of rotatable bonds is 5. The van der Waals surface area contributed by atoms with E-state index < -0.39 is 0 Å². The highest BCUT2D eigenvalue weighted by Crippen LogP contribution is 2.22. The molecule has 4 rings (SSSR count). The lowest BCUT2D eigenvalue weighted by Crippen LogP contribution is -2.33. The lowest BCUT2D eigenvalue weighted by molar-refractivity contribution is -0.688. The second-order valence-corrected chi connectivity index (χ2v) is 6.70. The fourth-order valence-electron chi connectivity index (χ4n) is 3.05. The molecule has 0 aliphatic carbocycles. The normalized spacial score (nSPS) is 10.9. The van der Waals surface area contributed by atoms with E-state index in [1.54, 1.807) is 18.2 Å². The van der Waals surface area contributed by atoms with Gasteiger partial charge >= 0.3 is 5.63 Å². The summed E-state index contributed by atoms with van der Waals surface area (Å²) in [5, 5.41) is 0.897. The first-order valence-electron chi connectivity index (χ1n) is 8.96. The van der Waals surface area contributed by atoms with Gasteiger partial charge in [0.2, 0.25) is 0 Å². The summed E-state index contributed by atoms with van der Waals surface area (Å²) in [5.41, 5.74) is 3.08. The molecule has 0 saturated heterocycles. The van der Waals surface area contributed by atoms with Crippen molar-refractivity contribution >= 4 is 11.0 Å². The molecule has 2 aromatic heterocycles. The molecule has 4 nitrogen and oxygen atoms in total. The van der Waals surface area contributed by atoms with Crippen molar-refractivity contribution in [3.63, 3.8) is 0 Å². The van der Waals surface area contributed by atoms with Crippen molar-refractivity contribution in [2.75, 3.05) is 0 Å². The van der Waals surface area contributed by atoms with E-state index in [-0.39, 0.29) is 11.4 Å². The number of benzene rings is 2. The van der Waals surface area contributed by atoms with Gasteiger partial charge in [-0.05, 0) is 48.9 Å². The Morgan fingerprint density at radius 2 is 1.71 bits per heavy atom. The van der Waals surface area contributed by atoms with Crippen LogP contribution in [-0.4, -0.2) is 0 Å². The van der Waals surface area contributed by atoms with Crippen LogP contribution >= 0.6 is 0 Å². The van der Waals surface area contributed by atoms with E-state index in [0.717, 1.165) is 22.1 Å². The third-order valence-corrected chi connectivity index (χ3v) is 4.57. The molecule has 0 unspecified atom stereocenters. The summed E-state index contributed by atoms with van der Waals surface area (Å²) in [4.78, 5) is 11.5. The lowest BCUT2D eigenvalue weighted by Gasteiger charge is -2.07. The van der Waals surface area contributed by atoms with Crippen molar-refractivity contribution in [3.05, 3.63) is 106 Å². The zero-order valence-electron chi connectivity index (χ0n) is 15.4. The molecule has 28 heavy (non-hydrogen) atoms. The number of pyridine rings is 1. The van der Waals surface area contributed by atoms with E-state index >= 15 is 0 Å². The van der Waals surface area contributed by atoms with Crippen molar-refractivity contribution in [1.82, 2.24) is 0 Å². The molecule has 2 heterocycles. The Morgan fingerprint density at radius 3 is 2.46 bits per heavy atom. The highest BCUT2D eigenvalue weighted by atomic mass is 19.1. The zero-order valence-corrected chi connectivity index (χ0v) is 15.4. The number of nitrogens with zero attached hydrogens (tertiary/aromatic N) is 1. The number of aromatic nitrogens is 1. The fourth-order valence-corrected chi connectivity index (χ4v) is 3.05. The van der Waals surface area contributed by atoms with Crippen LogP contribution in [0.3, 0.4) is 0 Å². The van der Waals surface area contributed by atoms with Gasteiger partial charge < -0.3 is 9.15 Å². The van der Waals surface area contributed by atoms with Gasteiger partial charge in [-0.3, -0.25) is 0 Å². The SMILES string of the molecule is Cc1cc(=O)oc2cc(OCc3cc[n+](Cc4ccc(F)cc4)cc3)ccc12. The molecule has 0 fully saturated rings. The first-order chi connectivity index (χ1) is 13.6. The fraction of sp³-hybridized carbons (Fsp3) is 0.130. The van der Waals surface area contributed by atoms with Gasteiger partial charge in [-0.1, -0.05) is 0 Å². The summed E-state index contributed by atoms with van der Waals surface area (Å²) in [7, 11) is 0. The van der Waals surface area contributed by atoms with Gasteiger partial charge in [0.05, 0.1) is 0 Å². The van der Waals surface area contributed by atoms with Gasteiger partial charge in [-0.2, -0.15) is 0 Å². The largest absolute Gasteiger partial charge is 0.489 e. The smallest absolute Gasteiger partial charge is 0.336 e. The Labute approximate surface area is 161 Å². The highest BCUT2D eigenvalue weighted by Gasteiger charge is 2.06. The molecule has 0 radical (unpaired) electrons. The van der Waals surface area contributed by atoms with Gasteiger partial charge in [-0.15, -0.1) is 0 Å². The maximum atomic E-state index is 13.0. The molecule has 0 atom stereocenters. The maximum absolute atomic E-state index is 13.0. The zero-order chi connectivity index (χ0) is 19.5. The Kier molecular flexibility index (Phi) is 4.89. The number of hydrogen-bond donors (Lipinski definition) is 0. The molecular weight excluding hydrogens is 357 g/mol. The van der Waals surface area contributed by atoms with Crippen LogP contribution in [0.1, 0.15) is 16.7 Å². The van der Waals surface area contributed by atoms with Crippen LogP contribution < -0.4 is 14.9 Å². The molecule has 0 aliphatic heterocycles. The van der Waals surface area contributed by atoms with Gasteiger partial charge in [0.1, 0.15) is 23.8 Å². The van der Waals surface area contributed by atoms with Crippen LogP contribution in [0, 0.1) is 12.7 Å². The minimum absolute atomic E-state index is 0.232. The molecule has 2 aromatic carbocycles. The minimum Gasteiger partial charge on any atom is -0.489 e. The molecule has 0 N–H and O–H groups in total. The molecule has 5 heteroatoms. The molecule has 0 saturated carbocycles. The third-order valence-electron chi connectivity index (χ3n) is 4.57. The van der Waals surface area contributed by atoms with Gasteiger partial charge in [-0.25, -0.2) is 13.8 Å². The van der Waals surface area contributed by atoms with Crippen LogP contribution in [0.2, 0.25) is 0 Å². The van der Waals surface area contributed by atoms with Crippen LogP contribution in [0.5, 0.6) is 5.75 Å². The van der Waals surface area contributed by atoms with E-state index in [2.05, 4.69) is 0 Å². The standard InChI is InChI=1S/C23H19FNO3/c1-16-12-23(26)28-22-13-20(6-7-21(16)22)27-15-18-8-10-25(11-9-18)14-17-2-4-19(24)5-3-17/h2-13H,14-15H2,1H3/q+1. The average molecular weight is 376 g/mol. The van der Waals surface area contributed by atoms with E-state index in [1.807, 2.05) is 48.1 Å². The minimum atomic E-state index is -0.365. The van der Waals surface area contributed by atoms with Gasteiger partial charge in [0, 0.05) is 40.8 Å². The monoisotopic (exact) mass is 376 g/mol. The van der Waals surface area contributed by atoms with E-state index in [1.165, 1.54) is 18.2 Å². The second kappa shape index (κ2) is 7.64. The van der Waals surface area contributed by atoms with E-state index in [9.17, 15) is 9.18 Å². The lowest BCUT2D eigenvalue weighted by atomic mass is 10.1. The van der Waals surface area contributed by atoms with Crippen molar-refractivity contribution in [3.8, 4) is 5.75 Å². The van der Waals surface area contributed by atoms with Crippen LogP contribution in [0.15, 0.2) is 82.3 Å². The molecule has 140 valence electrons. The van der Waals surface area contributed by atoms with Crippen LogP contribution in [0.25, 0.3) is 11.0 Å². The van der Waals surface area contributed by atoms with Gasteiger partial charge in [0.15, 0.2) is 18.9 Å². The topological polar surface area (TPSA) is 43.3 Å². The first-order valence-corrected chi connectivity index (χ1v) is 8.96. The average Bonchev–Trinajstić information content (AvgIpc) is 2.69. The van der Waals surface area contributed by atoms with Gasteiger partial charge in [0.25, 0.3) is 0 Å². The number of ether oxygens (including phenoxy) is 1.